The van der Waals surface area contributed by atoms with Crippen LogP contribution in [0.3, 0.4) is 0 Å². The van der Waals surface area contributed by atoms with Gasteiger partial charge in [-0.3, -0.25) is 4.79 Å². The number of rotatable bonds is 4. The van der Waals surface area contributed by atoms with Gasteiger partial charge in [0.05, 0.1) is 16.9 Å². The van der Waals surface area contributed by atoms with E-state index >= 15 is 0 Å². The van der Waals surface area contributed by atoms with Gasteiger partial charge in [-0.05, 0) is 60.7 Å². The van der Waals surface area contributed by atoms with Crippen molar-refractivity contribution in [3.05, 3.63) is 47.0 Å². The molecule has 0 heterocycles. The van der Waals surface area contributed by atoms with E-state index in [1.54, 1.807) is 51.3 Å². The summed E-state index contributed by atoms with van der Waals surface area (Å²) in [5.74, 6) is 0.539. The maximum absolute atomic E-state index is 13.5. The van der Waals surface area contributed by atoms with Crippen molar-refractivity contribution >= 4 is 21.4 Å². The minimum Gasteiger partial charge on any atom is -0.496 e. The minimum atomic E-state index is -3.75. The number of aryl methyl sites for hydroxylation is 2. The Morgan fingerprint density at radius 1 is 0.933 bits per heavy atom. The van der Waals surface area contributed by atoms with Crippen molar-refractivity contribution in [2.45, 2.75) is 70.6 Å². The molecule has 2 aromatic rings. The van der Waals surface area contributed by atoms with Crippen molar-refractivity contribution in [2.75, 3.05) is 12.4 Å². The lowest BCUT2D eigenvalue weighted by atomic mass is 9.86. The second kappa shape index (κ2) is 8.06. The predicted molar refractivity (Wildman–Crippen MR) is 121 cm³/mol. The molecule has 0 bridgehead atoms. The molecule has 0 radical (unpaired) electrons. The van der Waals surface area contributed by atoms with Gasteiger partial charge >= 0.3 is 0 Å². The first-order valence-corrected chi connectivity index (χ1v) is 11.4. The Bertz CT molecular complexity index is 1050. The molecule has 0 saturated heterocycles. The van der Waals surface area contributed by atoms with Crippen LogP contribution >= 0.6 is 0 Å². The molecule has 2 rings (SSSR count). The van der Waals surface area contributed by atoms with E-state index in [1.165, 1.54) is 0 Å². The van der Waals surface area contributed by atoms with Crippen molar-refractivity contribution in [2.24, 2.45) is 5.41 Å². The number of anilines is 1. The Balaban J connectivity index is 2.57. The van der Waals surface area contributed by atoms with Gasteiger partial charge in [-0.25, -0.2) is 8.42 Å². The average molecular weight is 432 g/mol. The van der Waals surface area contributed by atoms with Crippen LogP contribution < -0.4 is 10.1 Å². The average Bonchev–Trinajstić information content (AvgIpc) is 2.58. The SMILES string of the molecule is COc1ccc(S(=O)(=O)c2c(C)cc(NC(=O)C(C)(C)C)cc2C)cc1C(C)(C)C. The molecule has 0 aliphatic heterocycles. The van der Waals surface area contributed by atoms with Crippen LogP contribution in [0.1, 0.15) is 58.2 Å². The second-order valence-corrected chi connectivity index (χ2v) is 11.6. The van der Waals surface area contributed by atoms with Crippen molar-refractivity contribution in [1.82, 2.24) is 0 Å². The lowest BCUT2D eigenvalue weighted by Gasteiger charge is -2.23. The summed E-state index contributed by atoms with van der Waals surface area (Å²) in [6.45, 7) is 15.0. The molecule has 2 aromatic carbocycles. The van der Waals surface area contributed by atoms with Gasteiger partial charge in [0.1, 0.15) is 5.75 Å². The number of hydrogen-bond donors (Lipinski definition) is 1. The third-order valence-electron chi connectivity index (χ3n) is 4.96. The van der Waals surface area contributed by atoms with E-state index in [0.717, 1.165) is 5.56 Å². The third kappa shape index (κ3) is 4.86. The van der Waals surface area contributed by atoms with Crippen LogP contribution in [-0.4, -0.2) is 21.4 Å². The zero-order valence-electron chi connectivity index (χ0n) is 19.4. The summed E-state index contributed by atoms with van der Waals surface area (Å²) in [5.41, 5.74) is 1.78. The van der Waals surface area contributed by atoms with Gasteiger partial charge in [0.25, 0.3) is 0 Å². The number of nitrogens with one attached hydrogen (secondary N) is 1. The molecule has 0 aliphatic carbocycles. The summed E-state index contributed by atoms with van der Waals surface area (Å²) in [5, 5.41) is 2.88. The molecule has 0 fully saturated rings. The highest BCUT2D eigenvalue weighted by molar-refractivity contribution is 7.91. The monoisotopic (exact) mass is 431 g/mol. The molecule has 0 saturated carbocycles. The highest BCUT2D eigenvalue weighted by Crippen LogP contribution is 2.36. The van der Waals surface area contributed by atoms with Gasteiger partial charge in [0.15, 0.2) is 0 Å². The summed E-state index contributed by atoms with van der Waals surface area (Å²) < 4.78 is 32.5. The number of sulfone groups is 1. The number of hydrogen-bond acceptors (Lipinski definition) is 4. The van der Waals surface area contributed by atoms with Gasteiger partial charge in [-0.15, -0.1) is 0 Å². The number of methoxy groups -OCH3 is 1. The molecule has 1 N–H and O–H groups in total. The molecule has 164 valence electrons. The van der Waals surface area contributed by atoms with Crippen molar-refractivity contribution in [3.8, 4) is 5.75 Å². The number of amides is 1. The Labute approximate surface area is 180 Å². The van der Waals surface area contributed by atoms with Crippen molar-refractivity contribution in [3.63, 3.8) is 0 Å². The van der Waals surface area contributed by atoms with Crippen LogP contribution in [0.15, 0.2) is 40.1 Å². The number of benzene rings is 2. The molecule has 5 nitrogen and oxygen atoms in total. The highest BCUT2D eigenvalue weighted by atomic mass is 32.2. The van der Waals surface area contributed by atoms with E-state index in [1.807, 2.05) is 41.5 Å². The number of ether oxygens (including phenoxy) is 1. The van der Waals surface area contributed by atoms with Crippen LogP contribution in [0.5, 0.6) is 5.75 Å². The predicted octanol–water partition coefficient (Wildman–Crippen LogP) is 5.43. The Kier molecular flexibility index (Phi) is 6.43. The molecule has 0 spiro atoms. The topological polar surface area (TPSA) is 72.5 Å². The third-order valence-corrected chi connectivity index (χ3v) is 7.01. The fraction of sp³-hybridized carbons (Fsp3) is 0.458. The summed E-state index contributed by atoms with van der Waals surface area (Å²) >= 11 is 0. The van der Waals surface area contributed by atoms with E-state index in [-0.39, 0.29) is 21.1 Å². The standard InChI is InChI=1S/C24H33NO4S/c1-15-12-17(25-22(26)24(6,7)8)13-16(2)21(15)30(27,28)18-10-11-20(29-9)19(14-18)23(3,4)5/h10-14H,1-9H3,(H,25,26). The van der Waals surface area contributed by atoms with E-state index in [0.29, 0.717) is 22.6 Å². The molecular formula is C24H33NO4S. The molecule has 1 amide bonds. The van der Waals surface area contributed by atoms with Gasteiger partial charge in [-0.2, -0.15) is 0 Å². The summed E-state index contributed by atoms with van der Waals surface area (Å²) in [6, 6.07) is 8.39. The molecule has 0 atom stereocenters. The Morgan fingerprint density at radius 2 is 1.47 bits per heavy atom. The number of carbonyl (C=O) groups excluding carboxylic acids is 1. The largest absolute Gasteiger partial charge is 0.496 e. The van der Waals surface area contributed by atoms with Crippen LogP contribution in [0.2, 0.25) is 0 Å². The van der Waals surface area contributed by atoms with E-state index in [4.69, 9.17) is 4.74 Å². The Morgan fingerprint density at radius 3 is 1.90 bits per heavy atom. The molecule has 0 aliphatic rings. The summed E-state index contributed by atoms with van der Waals surface area (Å²) in [4.78, 5) is 12.8. The van der Waals surface area contributed by atoms with Gasteiger partial charge < -0.3 is 10.1 Å². The van der Waals surface area contributed by atoms with E-state index < -0.39 is 15.3 Å². The van der Waals surface area contributed by atoms with E-state index in [9.17, 15) is 13.2 Å². The quantitative estimate of drug-likeness (QED) is 0.701. The fourth-order valence-corrected chi connectivity index (χ4v) is 5.04. The van der Waals surface area contributed by atoms with Crippen LogP contribution in [0, 0.1) is 19.3 Å². The van der Waals surface area contributed by atoms with Gasteiger partial charge in [-0.1, -0.05) is 41.5 Å². The lowest BCUT2D eigenvalue weighted by Crippen LogP contribution is -2.27. The van der Waals surface area contributed by atoms with Gasteiger partial charge in [0, 0.05) is 16.7 Å². The maximum atomic E-state index is 13.5. The second-order valence-electron chi connectivity index (χ2n) is 9.76. The molecule has 0 unspecified atom stereocenters. The zero-order chi connectivity index (χ0) is 23.1. The minimum absolute atomic E-state index is 0.123. The number of carbonyl (C=O) groups is 1. The Hall–Kier alpha value is -2.34. The smallest absolute Gasteiger partial charge is 0.229 e. The van der Waals surface area contributed by atoms with E-state index in [2.05, 4.69) is 5.32 Å². The molecule has 0 aromatic heterocycles. The van der Waals surface area contributed by atoms with Crippen LogP contribution in [0.4, 0.5) is 5.69 Å². The molecular weight excluding hydrogens is 398 g/mol. The van der Waals surface area contributed by atoms with Gasteiger partial charge in [0.2, 0.25) is 15.7 Å². The first-order valence-electron chi connectivity index (χ1n) is 9.95. The molecule has 6 heteroatoms. The fourth-order valence-electron chi connectivity index (χ4n) is 3.32. The van der Waals surface area contributed by atoms with Crippen LogP contribution in [0.25, 0.3) is 0 Å². The molecule has 30 heavy (non-hydrogen) atoms. The van der Waals surface area contributed by atoms with Crippen LogP contribution in [-0.2, 0) is 20.0 Å². The summed E-state index contributed by atoms with van der Waals surface area (Å²) in [6.07, 6.45) is 0. The van der Waals surface area contributed by atoms with Crippen molar-refractivity contribution < 1.29 is 17.9 Å². The normalized spacial score (nSPS) is 12.6. The maximum Gasteiger partial charge on any atom is 0.229 e. The first-order chi connectivity index (χ1) is 13.6. The highest BCUT2D eigenvalue weighted by Gasteiger charge is 2.27. The van der Waals surface area contributed by atoms with Crippen molar-refractivity contribution in [1.29, 1.82) is 0 Å². The zero-order valence-corrected chi connectivity index (χ0v) is 20.2. The summed E-state index contributed by atoms with van der Waals surface area (Å²) in [7, 11) is -2.17. The lowest BCUT2D eigenvalue weighted by molar-refractivity contribution is -0.123. The first kappa shape index (κ1) is 23.9.